The van der Waals surface area contributed by atoms with E-state index in [4.69, 9.17) is 0 Å². The van der Waals surface area contributed by atoms with E-state index in [0.717, 1.165) is 6.42 Å². The average molecular weight is 182 g/mol. The van der Waals surface area contributed by atoms with Gasteiger partial charge in [-0.2, -0.15) is 0 Å². The van der Waals surface area contributed by atoms with E-state index < -0.39 is 0 Å². The van der Waals surface area contributed by atoms with Crippen LogP contribution in [0.5, 0.6) is 0 Å². The van der Waals surface area contributed by atoms with Gasteiger partial charge in [0.1, 0.15) is 0 Å². The Labute approximate surface area is 85.3 Å². The first-order valence-corrected chi connectivity index (χ1v) is 5.02. The summed E-state index contributed by atoms with van der Waals surface area (Å²) in [5.41, 5.74) is 1.39. The molecule has 1 atom stereocenters. The number of hydrogen-bond donors (Lipinski definition) is 0. The van der Waals surface area contributed by atoms with Gasteiger partial charge in [-0.3, -0.25) is 0 Å². The van der Waals surface area contributed by atoms with Crippen LogP contribution in [0.4, 0.5) is 0 Å². The summed E-state index contributed by atoms with van der Waals surface area (Å²) in [4.78, 5) is 0. The molecule has 0 aromatic heterocycles. The topological polar surface area (TPSA) is 0 Å². The third kappa shape index (κ3) is 2.23. The Morgan fingerprint density at radius 3 is 2.71 bits per heavy atom. The van der Waals surface area contributed by atoms with Gasteiger partial charge in [0.2, 0.25) is 0 Å². The molecule has 0 spiro atoms. The third-order valence-corrected chi connectivity index (χ3v) is 2.43. The van der Waals surface area contributed by atoms with Gasteiger partial charge in [0.15, 0.2) is 0 Å². The van der Waals surface area contributed by atoms with Crippen LogP contribution in [-0.2, 0) is 0 Å². The zero-order chi connectivity index (χ0) is 9.64. The average Bonchev–Trinajstić information content (AvgIpc) is 2.25. The first-order chi connectivity index (χ1) is 6.97. The van der Waals surface area contributed by atoms with E-state index in [9.17, 15) is 0 Å². The fraction of sp³-hybridized carbons (Fsp3) is 0.143. The summed E-state index contributed by atoms with van der Waals surface area (Å²) in [6.45, 7) is 0. The predicted molar refractivity (Wildman–Crippen MR) is 61.9 cm³/mol. The minimum atomic E-state index is 0.549. The van der Waals surface area contributed by atoms with E-state index in [1.54, 1.807) is 0 Å². The van der Waals surface area contributed by atoms with Crippen LogP contribution in [0.1, 0.15) is 6.42 Å². The second-order valence-electron chi connectivity index (χ2n) is 3.45. The van der Waals surface area contributed by atoms with Gasteiger partial charge in [0, 0.05) is 5.92 Å². The van der Waals surface area contributed by atoms with Crippen LogP contribution in [-0.4, -0.2) is 0 Å². The molecule has 1 unspecified atom stereocenters. The van der Waals surface area contributed by atoms with E-state index in [2.05, 4.69) is 66.8 Å². The van der Waals surface area contributed by atoms with Gasteiger partial charge in [-0.1, -0.05) is 66.8 Å². The molecule has 0 N–H and O–H groups in total. The molecule has 0 amide bonds. The van der Waals surface area contributed by atoms with Crippen molar-refractivity contribution < 1.29 is 0 Å². The van der Waals surface area contributed by atoms with Gasteiger partial charge in [-0.05, 0) is 12.0 Å². The summed E-state index contributed by atoms with van der Waals surface area (Å²) in [6.07, 6.45) is 24.6. The van der Waals surface area contributed by atoms with Gasteiger partial charge in [0.05, 0.1) is 0 Å². The molecule has 0 aliphatic heterocycles. The van der Waals surface area contributed by atoms with Crippen LogP contribution >= 0.6 is 0 Å². The lowest BCUT2D eigenvalue weighted by Crippen LogP contribution is -2.00. The van der Waals surface area contributed by atoms with Crippen molar-refractivity contribution in [2.75, 3.05) is 0 Å². The Balaban J connectivity index is 2.26. The number of fused-ring (bicyclic) bond motifs is 1. The molecular weight excluding hydrogens is 168 g/mol. The van der Waals surface area contributed by atoms with Gasteiger partial charge in [0.25, 0.3) is 0 Å². The summed E-state index contributed by atoms with van der Waals surface area (Å²) in [5.74, 6) is 0.549. The van der Waals surface area contributed by atoms with Crippen molar-refractivity contribution >= 4 is 0 Å². The standard InChI is InChI=1S/C14H14/c1-2-4-6-10-14-12-8-7-11-13(14)9-5-3-1/h1-9,11-12,14H,10H2/b2-1-,5-3+,6-4+,13-9-. The minimum Gasteiger partial charge on any atom is -0.0836 e. The molecule has 0 bridgehead atoms. The highest BCUT2D eigenvalue weighted by Gasteiger charge is 2.08. The second kappa shape index (κ2) is 4.61. The molecule has 0 nitrogen and oxygen atoms in total. The highest BCUT2D eigenvalue weighted by atomic mass is 14.1. The van der Waals surface area contributed by atoms with Gasteiger partial charge in [-0.15, -0.1) is 0 Å². The van der Waals surface area contributed by atoms with Crippen LogP contribution in [0.15, 0.2) is 72.4 Å². The highest BCUT2D eigenvalue weighted by molar-refractivity contribution is 5.37. The van der Waals surface area contributed by atoms with Crippen molar-refractivity contribution in [2.45, 2.75) is 6.42 Å². The molecule has 0 aromatic rings. The van der Waals surface area contributed by atoms with Crippen molar-refractivity contribution in [1.82, 2.24) is 0 Å². The molecule has 0 saturated carbocycles. The van der Waals surface area contributed by atoms with Crippen molar-refractivity contribution in [3.63, 3.8) is 0 Å². The largest absolute Gasteiger partial charge is 0.0836 e. The molecule has 2 rings (SSSR count). The van der Waals surface area contributed by atoms with Crippen molar-refractivity contribution in [1.29, 1.82) is 0 Å². The SMILES string of the molecule is C1=C/C2=C/C=C/C=C\C=C\CC2C=C1. The normalized spacial score (nSPS) is 35.1. The summed E-state index contributed by atoms with van der Waals surface area (Å²) in [7, 11) is 0. The molecule has 2 aliphatic rings. The van der Waals surface area contributed by atoms with E-state index in [1.807, 2.05) is 0 Å². The lowest BCUT2D eigenvalue weighted by molar-refractivity contribution is 0.790. The molecule has 70 valence electrons. The maximum Gasteiger partial charge on any atom is 0.00557 e. The predicted octanol–water partition coefficient (Wildman–Crippen LogP) is 3.73. The second-order valence-corrected chi connectivity index (χ2v) is 3.45. The summed E-state index contributed by atoms with van der Waals surface area (Å²) < 4.78 is 0. The fourth-order valence-electron chi connectivity index (χ4n) is 1.66. The van der Waals surface area contributed by atoms with E-state index in [0.29, 0.717) is 5.92 Å². The van der Waals surface area contributed by atoms with Gasteiger partial charge < -0.3 is 0 Å². The monoisotopic (exact) mass is 182 g/mol. The Hall–Kier alpha value is -1.56. The van der Waals surface area contributed by atoms with E-state index in [-0.39, 0.29) is 0 Å². The summed E-state index contributed by atoms with van der Waals surface area (Å²) in [5, 5.41) is 0. The Morgan fingerprint density at radius 1 is 0.857 bits per heavy atom. The van der Waals surface area contributed by atoms with Crippen molar-refractivity contribution in [3.05, 3.63) is 72.4 Å². The van der Waals surface area contributed by atoms with Crippen LogP contribution in [0, 0.1) is 5.92 Å². The first-order valence-electron chi connectivity index (χ1n) is 5.02. The maximum absolute atomic E-state index is 2.26. The lowest BCUT2D eigenvalue weighted by Gasteiger charge is -2.14. The summed E-state index contributed by atoms with van der Waals surface area (Å²) in [6, 6.07) is 0. The maximum atomic E-state index is 2.26. The van der Waals surface area contributed by atoms with E-state index >= 15 is 0 Å². The molecule has 0 radical (unpaired) electrons. The van der Waals surface area contributed by atoms with Gasteiger partial charge in [-0.25, -0.2) is 0 Å². The van der Waals surface area contributed by atoms with Crippen molar-refractivity contribution in [3.8, 4) is 0 Å². The molecule has 14 heavy (non-hydrogen) atoms. The Kier molecular flexibility index (Phi) is 2.97. The highest BCUT2D eigenvalue weighted by Crippen LogP contribution is 2.22. The summed E-state index contributed by atoms with van der Waals surface area (Å²) >= 11 is 0. The molecular formula is C14H14. The molecule has 0 heterocycles. The molecule has 0 fully saturated rings. The number of rotatable bonds is 0. The van der Waals surface area contributed by atoms with E-state index in [1.165, 1.54) is 5.57 Å². The zero-order valence-electron chi connectivity index (χ0n) is 8.14. The van der Waals surface area contributed by atoms with Crippen molar-refractivity contribution in [2.24, 2.45) is 5.92 Å². The zero-order valence-corrected chi connectivity index (χ0v) is 8.14. The van der Waals surface area contributed by atoms with Gasteiger partial charge >= 0.3 is 0 Å². The Morgan fingerprint density at radius 2 is 1.71 bits per heavy atom. The number of hydrogen-bond acceptors (Lipinski definition) is 0. The Bertz CT molecular complexity index is 359. The molecule has 0 saturated heterocycles. The fourth-order valence-corrected chi connectivity index (χ4v) is 1.66. The van der Waals surface area contributed by atoms with Crippen LogP contribution < -0.4 is 0 Å². The minimum absolute atomic E-state index is 0.549. The quantitative estimate of drug-likeness (QED) is 0.535. The molecule has 0 aromatic carbocycles. The first kappa shape index (κ1) is 9.01. The van der Waals surface area contributed by atoms with Crippen LogP contribution in [0.25, 0.3) is 0 Å². The van der Waals surface area contributed by atoms with Crippen LogP contribution in [0.3, 0.4) is 0 Å². The van der Waals surface area contributed by atoms with Crippen LogP contribution in [0.2, 0.25) is 0 Å². The third-order valence-electron chi connectivity index (χ3n) is 2.43. The molecule has 2 aliphatic carbocycles. The lowest BCUT2D eigenvalue weighted by atomic mass is 9.91. The smallest absolute Gasteiger partial charge is 0.00557 e. The number of allylic oxidation sites excluding steroid dienone is 12. The molecule has 0 heteroatoms.